The van der Waals surface area contributed by atoms with Gasteiger partial charge >= 0.3 is 5.97 Å². The van der Waals surface area contributed by atoms with Crippen LogP contribution >= 0.6 is 0 Å². The van der Waals surface area contributed by atoms with Crippen molar-refractivity contribution >= 4 is 22.6 Å². The third kappa shape index (κ3) is 5.42. The number of H-pyrrole nitrogens is 1. The van der Waals surface area contributed by atoms with Gasteiger partial charge in [-0.25, -0.2) is 9.37 Å². The van der Waals surface area contributed by atoms with E-state index in [4.69, 9.17) is 9.47 Å². The maximum Gasteiger partial charge on any atom is 0.320 e. The van der Waals surface area contributed by atoms with E-state index in [1.165, 1.54) is 17.7 Å². The van der Waals surface area contributed by atoms with Crippen LogP contribution in [-0.2, 0) is 9.53 Å². The molecule has 174 valence electrons. The monoisotopic (exact) mass is 451 g/mol. The third-order valence-electron chi connectivity index (χ3n) is 5.64. The second-order valence-corrected chi connectivity index (χ2v) is 9.28. The van der Waals surface area contributed by atoms with E-state index in [0.717, 1.165) is 48.2 Å². The molecule has 0 aliphatic carbocycles. The smallest absolute Gasteiger partial charge is 0.320 e. The molecule has 4 rings (SSSR count). The summed E-state index contributed by atoms with van der Waals surface area (Å²) in [5, 5.41) is 0.909. The van der Waals surface area contributed by atoms with E-state index in [9.17, 15) is 9.18 Å². The van der Waals surface area contributed by atoms with Gasteiger partial charge in [0.1, 0.15) is 22.8 Å². The summed E-state index contributed by atoms with van der Waals surface area (Å²) in [7, 11) is 1.58. The molecule has 3 aromatic rings. The molecule has 1 aliphatic heterocycles. The lowest BCUT2D eigenvalue weighted by Crippen LogP contribution is -2.35. The molecule has 0 saturated heterocycles. The maximum atomic E-state index is 14.0. The first-order valence-electron chi connectivity index (χ1n) is 11.2. The van der Waals surface area contributed by atoms with E-state index in [1.807, 2.05) is 26.8 Å². The van der Waals surface area contributed by atoms with Crippen LogP contribution in [0.4, 0.5) is 4.39 Å². The van der Waals surface area contributed by atoms with Crippen LogP contribution in [0, 0.1) is 5.82 Å². The Labute approximate surface area is 193 Å². The van der Waals surface area contributed by atoms with Crippen molar-refractivity contribution in [3.63, 3.8) is 0 Å². The molecule has 0 amide bonds. The molecule has 0 atom stereocenters. The van der Waals surface area contributed by atoms with Gasteiger partial charge in [-0.05, 0) is 75.1 Å². The van der Waals surface area contributed by atoms with Gasteiger partial charge in [-0.15, -0.1) is 0 Å². The number of carbonyl (C=O) groups is 1. The van der Waals surface area contributed by atoms with Gasteiger partial charge in [0.05, 0.1) is 13.7 Å². The van der Waals surface area contributed by atoms with Gasteiger partial charge in [-0.1, -0.05) is 6.08 Å². The summed E-state index contributed by atoms with van der Waals surface area (Å²) in [6.07, 6.45) is 5.56. The van der Waals surface area contributed by atoms with Crippen molar-refractivity contribution in [2.75, 3.05) is 26.7 Å². The number of pyridine rings is 1. The number of ether oxygens (including phenoxy) is 2. The Balaban J connectivity index is 1.56. The number of nitrogens with one attached hydrogen (secondary N) is 1. The SMILES string of the molecule is COc1ccc(F)cc1-c1ccnc2[nH]c(C3=CCCN(CC(=O)OC(C)(C)C)CC3)cc12. The lowest BCUT2D eigenvalue weighted by molar-refractivity contribution is -0.156. The van der Waals surface area contributed by atoms with E-state index >= 15 is 0 Å². The number of nitrogens with zero attached hydrogens (tertiary/aromatic N) is 2. The highest BCUT2D eigenvalue weighted by Crippen LogP contribution is 2.36. The number of aromatic nitrogens is 2. The molecule has 3 heterocycles. The Morgan fingerprint density at radius 2 is 2.00 bits per heavy atom. The van der Waals surface area contributed by atoms with Crippen LogP contribution in [0.15, 0.2) is 42.6 Å². The topological polar surface area (TPSA) is 67.5 Å². The molecule has 2 aromatic heterocycles. The van der Waals surface area contributed by atoms with Crippen LogP contribution in [0.1, 0.15) is 39.3 Å². The van der Waals surface area contributed by atoms with E-state index in [1.54, 1.807) is 19.4 Å². The first kappa shape index (κ1) is 23.0. The minimum absolute atomic E-state index is 0.200. The predicted octanol–water partition coefficient (Wildman–Crippen LogP) is 5.20. The average Bonchev–Trinajstić information content (AvgIpc) is 3.05. The standard InChI is InChI=1S/C26H30FN3O3/c1-26(2,3)33-24(31)16-30-12-5-6-17(10-13-30)22-15-21-19(9-11-28-25(21)29-22)20-14-18(27)7-8-23(20)32-4/h6-9,11,14-15H,5,10,12-13,16H2,1-4H3,(H,28,29). The molecule has 6 nitrogen and oxygen atoms in total. The second kappa shape index (κ2) is 9.35. The average molecular weight is 452 g/mol. The Morgan fingerprint density at radius 3 is 2.76 bits per heavy atom. The van der Waals surface area contributed by atoms with E-state index < -0.39 is 5.60 Å². The summed E-state index contributed by atoms with van der Waals surface area (Å²) in [4.78, 5) is 22.3. The summed E-state index contributed by atoms with van der Waals surface area (Å²) in [6, 6.07) is 8.46. The Kier molecular flexibility index (Phi) is 6.51. The quantitative estimate of drug-likeness (QED) is 0.540. The van der Waals surface area contributed by atoms with Crippen LogP contribution in [-0.4, -0.2) is 53.2 Å². The van der Waals surface area contributed by atoms with Crippen molar-refractivity contribution in [1.29, 1.82) is 0 Å². The Hall–Kier alpha value is -3.19. The maximum absolute atomic E-state index is 14.0. The van der Waals surface area contributed by atoms with E-state index in [0.29, 0.717) is 11.3 Å². The molecule has 1 aromatic carbocycles. The summed E-state index contributed by atoms with van der Waals surface area (Å²) < 4.78 is 24.9. The zero-order chi connectivity index (χ0) is 23.6. The predicted molar refractivity (Wildman–Crippen MR) is 128 cm³/mol. The van der Waals surface area contributed by atoms with Crippen molar-refractivity contribution in [2.45, 2.75) is 39.2 Å². The molecule has 7 heteroatoms. The molecule has 0 spiro atoms. The highest BCUT2D eigenvalue weighted by molar-refractivity contribution is 5.96. The van der Waals surface area contributed by atoms with Crippen LogP contribution < -0.4 is 4.74 Å². The number of aromatic amines is 1. The normalized spacial score (nSPS) is 15.2. The number of halogens is 1. The Morgan fingerprint density at radius 1 is 1.18 bits per heavy atom. The third-order valence-corrected chi connectivity index (χ3v) is 5.64. The molecule has 0 bridgehead atoms. The second-order valence-electron chi connectivity index (χ2n) is 9.28. The number of rotatable bonds is 5. The van der Waals surface area contributed by atoms with Crippen molar-refractivity contribution in [1.82, 2.24) is 14.9 Å². The van der Waals surface area contributed by atoms with Crippen LogP contribution in [0.2, 0.25) is 0 Å². The molecule has 0 saturated carbocycles. The van der Waals surface area contributed by atoms with Gasteiger partial charge in [0.15, 0.2) is 0 Å². The number of methoxy groups -OCH3 is 1. The van der Waals surface area contributed by atoms with Gasteiger partial charge in [0.25, 0.3) is 0 Å². The highest BCUT2D eigenvalue weighted by atomic mass is 19.1. The summed E-state index contributed by atoms with van der Waals surface area (Å²) in [6.45, 7) is 7.49. The minimum Gasteiger partial charge on any atom is -0.496 e. The zero-order valence-corrected chi connectivity index (χ0v) is 19.6. The van der Waals surface area contributed by atoms with Gasteiger partial charge in [0, 0.05) is 35.9 Å². The summed E-state index contributed by atoms with van der Waals surface area (Å²) in [5.74, 6) is 0.0932. The summed E-state index contributed by atoms with van der Waals surface area (Å²) >= 11 is 0. The lowest BCUT2D eigenvalue weighted by atomic mass is 10.0. The molecule has 1 aliphatic rings. The fraction of sp³-hybridized carbons (Fsp3) is 0.385. The van der Waals surface area contributed by atoms with Crippen molar-refractivity contribution in [3.05, 3.63) is 54.1 Å². The molecule has 0 radical (unpaired) electrons. The Bertz CT molecular complexity index is 1190. The van der Waals surface area contributed by atoms with Crippen molar-refractivity contribution in [2.24, 2.45) is 0 Å². The molecular formula is C26H30FN3O3. The fourth-order valence-corrected chi connectivity index (χ4v) is 4.20. The van der Waals surface area contributed by atoms with Crippen LogP contribution in [0.5, 0.6) is 5.75 Å². The molecule has 1 N–H and O–H groups in total. The molecule has 0 fully saturated rings. The number of carbonyl (C=O) groups excluding carboxylic acids is 1. The zero-order valence-electron chi connectivity index (χ0n) is 19.6. The van der Waals surface area contributed by atoms with Gasteiger partial charge in [-0.3, -0.25) is 9.69 Å². The highest BCUT2D eigenvalue weighted by Gasteiger charge is 2.21. The molecular weight excluding hydrogens is 421 g/mol. The van der Waals surface area contributed by atoms with Crippen molar-refractivity contribution in [3.8, 4) is 16.9 Å². The number of esters is 1. The minimum atomic E-state index is -0.480. The lowest BCUT2D eigenvalue weighted by Gasteiger charge is -2.23. The van der Waals surface area contributed by atoms with Crippen molar-refractivity contribution < 1.29 is 18.7 Å². The fourth-order valence-electron chi connectivity index (χ4n) is 4.20. The number of fused-ring (bicyclic) bond motifs is 1. The number of hydrogen-bond acceptors (Lipinski definition) is 5. The first-order valence-corrected chi connectivity index (χ1v) is 11.2. The number of benzene rings is 1. The van der Waals surface area contributed by atoms with Gasteiger partial charge in [0.2, 0.25) is 0 Å². The number of hydrogen-bond donors (Lipinski definition) is 1. The molecule has 33 heavy (non-hydrogen) atoms. The first-order chi connectivity index (χ1) is 15.7. The van der Waals surface area contributed by atoms with Crippen LogP contribution in [0.3, 0.4) is 0 Å². The van der Waals surface area contributed by atoms with Gasteiger partial charge < -0.3 is 14.5 Å². The van der Waals surface area contributed by atoms with Crippen LogP contribution in [0.25, 0.3) is 27.7 Å². The summed E-state index contributed by atoms with van der Waals surface area (Å²) in [5.41, 5.74) is 3.97. The largest absolute Gasteiger partial charge is 0.496 e. The van der Waals surface area contributed by atoms with E-state index in [2.05, 4.69) is 27.0 Å². The molecule has 0 unspecified atom stereocenters. The van der Waals surface area contributed by atoms with E-state index in [-0.39, 0.29) is 18.3 Å². The van der Waals surface area contributed by atoms with Gasteiger partial charge in [-0.2, -0.15) is 0 Å².